The van der Waals surface area contributed by atoms with E-state index in [0.717, 1.165) is 17.1 Å². The van der Waals surface area contributed by atoms with Gasteiger partial charge in [-0.05, 0) is 45.4 Å². The van der Waals surface area contributed by atoms with Crippen LogP contribution < -0.4 is 10.6 Å². The molecule has 1 aromatic carbocycles. The molecule has 0 aliphatic carbocycles. The molecule has 7 nitrogen and oxygen atoms in total. The highest BCUT2D eigenvalue weighted by Crippen LogP contribution is 2.16. The maximum absolute atomic E-state index is 5.94. The SMILES string of the molecule is CCNC(=NCc1nc(C(C)OCC)no1)NC(C)c1ccc(Cl)cc1. The minimum absolute atomic E-state index is 0.0706. The second-order valence-electron chi connectivity index (χ2n) is 5.76. The van der Waals surface area contributed by atoms with Crippen molar-refractivity contribution in [3.05, 3.63) is 46.6 Å². The van der Waals surface area contributed by atoms with Gasteiger partial charge in [-0.25, -0.2) is 4.99 Å². The van der Waals surface area contributed by atoms with Gasteiger partial charge in [0.2, 0.25) is 5.89 Å². The van der Waals surface area contributed by atoms with Crippen molar-refractivity contribution >= 4 is 17.6 Å². The number of aliphatic imine (C=N–C) groups is 1. The lowest BCUT2D eigenvalue weighted by molar-refractivity contribution is 0.0683. The van der Waals surface area contributed by atoms with Crippen LogP contribution >= 0.6 is 11.6 Å². The van der Waals surface area contributed by atoms with Crippen molar-refractivity contribution in [1.29, 1.82) is 0 Å². The maximum Gasteiger partial charge on any atom is 0.248 e. The molecule has 0 saturated heterocycles. The van der Waals surface area contributed by atoms with Crippen LogP contribution in [0, 0.1) is 0 Å². The summed E-state index contributed by atoms with van der Waals surface area (Å²) < 4.78 is 10.7. The second kappa shape index (κ2) is 10.1. The molecule has 2 rings (SSSR count). The summed E-state index contributed by atoms with van der Waals surface area (Å²) in [5.74, 6) is 1.65. The highest BCUT2D eigenvalue weighted by atomic mass is 35.5. The molecular weight excluding hydrogens is 354 g/mol. The van der Waals surface area contributed by atoms with Crippen LogP contribution in [0.2, 0.25) is 5.02 Å². The fourth-order valence-electron chi connectivity index (χ4n) is 2.33. The van der Waals surface area contributed by atoms with Crippen molar-refractivity contribution < 1.29 is 9.26 Å². The summed E-state index contributed by atoms with van der Waals surface area (Å²) in [7, 11) is 0. The smallest absolute Gasteiger partial charge is 0.248 e. The number of aromatic nitrogens is 2. The molecule has 2 unspecified atom stereocenters. The van der Waals surface area contributed by atoms with Crippen LogP contribution in [-0.4, -0.2) is 29.3 Å². The third kappa shape index (κ3) is 6.00. The van der Waals surface area contributed by atoms with Gasteiger partial charge in [-0.15, -0.1) is 0 Å². The zero-order chi connectivity index (χ0) is 18.9. The van der Waals surface area contributed by atoms with Crippen LogP contribution in [0.3, 0.4) is 0 Å². The van der Waals surface area contributed by atoms with Crippen LogP contribution in [0.15, 0.2) is 33.8 Å². The van der Waals surface area contributed by atoms with Crippen molar-refractivity contribution in [2.45, 2.75) is 46.4 Å². The molecule has 2 N–H and O–H groups in total. The molecular formula is C18H26ClN5O2. The Bertz CT molecular complexity index is 702. The highest BCUT2D eigenvalue weighted by Gasteiger charge is 2.14. The van der Waals surface area contributed by atoms with Gasteiger partial charge in [0.05, 0.1) is 6.04 Å². The maximum atomic E-state index is 5.94. The van der Waals surface area contributed by atoms with Gasteiger partial charge in [-0.1, -0.05) is 28.9 Å². The molecule has 0 spiro atoms. The number of nitrogens with zero attached hydrogens (tertiary/aromatic N) is 3. The van der Waals surface area contributed by atoms with Gasteiger partial charge in [0.1, 0.15) is 12.6 Å². The molecule has 0 fully saturated rings. The van der Waals surface area contributed by atoms with Gasteiger partial charge in [-0.3, -0.25) is 0 Å². The summed E-state index contributed by atoms with van der Waals surface area (Å²) >= 11 is 5.94. The first-order valence-corrected chi connectivity index (χ1v) is 9.15. The van der Waals surface area contributed by atoms with Crippen molar-refractivity contribution in [2.24, 2.45) is 4.99 Å². The van der Waals surface area contributed by atoms with E-state index in [-0.39, 0.29) is 18.7 Å². The summed E-state index contributed by atoms with van der Waals surface area (Å²) in [6, 6.07) is 7.80. The van der Waals surface area contributed by atoms with E-state index in [1.165, 1.54) is 0 Å². The molecule has 142 valence electrons. The summed E-state index contributed by atoms with van der Waals surface area (Å²) in [5.41, 5.74) is 1.12. The van der Waals surface area contributed by atoms with Gasteiger partial charge < -0.3 is 19.9 Å². The summed E-state index contributed by atoms with van der Waals surface area (Å²) in [6.07, 6.45) is -0.197. The van der Waals surface area contributed by atoms with E-state index in [1.807, 2.05) is 45.0 Å². The Morgan fingerprint density at radius 2 is 2.00 bits per heavy atom. The molecule has 0 radical (unpaired) electrons. The van der Waals surface area contributed by atoms with Crippen LogP contribution in [0.5, 0.6) is 0 Å². The molecule has 2 aromatic rings. The Morgan fingerprint density at radius 3 is 2.65 bits per heavy atom. The minimum Gasteiger partial charge on any atom is -0.371 e. The number of ether oxygens (including phenoxy) is 1. The monoisotopic (exact) mass is 379 g/mol. The third-order valence-corrected chi connectivity index (χ3v) is 3.96. The van der Waals surface area contributed by atoms with Crippen LogP contribution in [-0.2, 0) is 11.3 Å². The summed E-state index contributed by atoms with van der Waals surface area (Å²) in [4.78, 5) is 8.84. The molecule has 26 heavy (non-hydrogen) atoms. The topological polar surface area (TPSA) is 84.6 Å². The molecule has 0 aliphatic heterocycles. The van der Waals surface area contributed by atoms with Gasteiger partial charge in [0, 0.05) is 18.2 Å². The van der Waals surface area contributed by atoms with E-state index in [9.17, 15) is 0 Å². The number of nitrogens with one attached hydrogen (secondary N) is 2. The van der Waals surface area contributed by atoms with E-state index in [4.69, 9.17) is 20.9 Å². The molecule has 1 aromatic heterocycles. The van der Waals surface area contributed by atoms with Crippen molar-refractivity contribution in [3.63, 3.8) is 0 Å². The zero-order valence-corrected chi connectivity index (χ0v) is 16.4. The Balaban J connectivity index is 2.00. The normalized spacial score (nSPS) is 14.1. The molecule has 1 heterocycles. The fourth-order valence-corrected chi connectivity index (χ4v) is 2.45. The van der Waals surface area contributed by atoms with Crippen LogP contribution in [0.25, 0.3) is 0 Å². The molecule has 2 atom stereocenters. The average molecular weight is 380 g/mol. The number of guanidine groups is 1. The number of hydrogen-bond acceptors (Lipinski definition) is 5. The predicted octanol–water partition coefficient (Wildman–Crippen LogP) is 3.64. The van der Waals surface area contributed by atoms with E-state index in [2.05, 4.69) is 32.7 Å². The lowest BCUT2D eigenvalue weighted by atomic mass is 10.1. The first-order valence-electron chi connectivity index (χ1n) is 8.77. The predicted molar refractivity (Wildman–Crippen MR) is 102 cm³/mol. The van der Waals surface area contributed by atoms with Crippen LogP contribution in [0.1, 0.15) is 57.1 Å². The number of benzene rings is 1. The van der Waals surface area contributed by atoms with Gasteiger partial charge in [-0.2, -0.15) is 4.98 Å². The quantitative estimate of drug-likeness (QED) is 0.538. The summed E-state index contributed by atoms with van der Waals surface area (Å²) in [5, 5.41) is 11.2. The molecule has 8 heteroatoms. The first-order chi connectivity index (χ1) is 12.5. The largest absolute Gasteiger partial charge is 0.371 e. The lowest BCUT2D eigenvalue weighted by Crippen LogP contribution is -2.38. The molecule has 0 saturated carbocycles. The molecule has 0 aliphatic rings. The second-order valence-corrected chi connectivity index (χ2v) is 6.19. The van der Waals surface area contributed by atoms with Crippen molar-refractivity contribution in [3.8, 4) is 0 Å². The number of hydrogen-bond donors (Lipinski definition) is 2. The fraction of sp³-hybridized carbons (Fsp3) is 0.500. The van der Waals surface area contributed by atoms with E-state index in [1.54, 1.807) is 0 Å². The third-order valence-electron chi connectivity index (χ3n) is 3.70. The van der Waals surface area contributed by atoms with E-state index >= 15 is 0 Å². The Hall–Kier alpha value is -2.12. The van der Waals surface area contributed by atoms with Gasteiger partial charge in [0.15, 0.2) is 11.8 Å². The Kier molecular flexibility index (Phi) is 7.87. The number of halogens is 1. The average Bonchev–Trinajstić information content (AvgIpc) is 3.10. The molecule has 0 bridgehead atoms. The van der Waals surface area contributed by atoms with E-state index < -0.39 is 0 Å². The van der Waals surface area contributed by atoms with Gasteiger partial charge in [0.25, 0.3) is 0 Å². The van der Waals surface area contributed by atoms with Gasteiger partial charge >= 0.3 is 0 Å². The zero-order valence-electron chi connectivity index (χ0n) is 15.6. The van der Waals surface area contributed by atoms with Crippen molar-refractivity contribution in [1.82, 2.24) is 20.8 Å². The number of rotatable bonds is 8. The standard InChI is InChI=1S/C18H26ClN5O2/c1-5-20-18(22-12(3)14-7-9-15(19)10-8-14)21-11-16-23-17(24-26-16)13(4)25-6-2/h7-10,12-13H,5-6,11H2,1-4H3,(H2,20,21,22). The van der Waals surface area contributed by atoms with E-state index in [0.29, 0.717) is 24.3 Å². The van der Waals surface area contributed by atoms with Crippen molar-refractivity contribution in [2.75, 3.05) is 13.2 Å². The minimum atomic E-state index is -0.197. The lowest BCUT2D eigenvalue weighted by Gasteiger charge is -2.18. The molecule has 0 amide bonds. The Labute approximate surface area is 159 Å². The first kappa shape index (κ1) is 20.2. The van der Waals surface area contributed by atoms with Crippen LogP contribution in [0.4, 0.5) is 0 Å². The highest BCUT2D eigenvalue weighted by molar-refractivity contribution is 6.30. The summed E-state index contributed by atoms with van der Waals surface area (Å²) in [6.45, 7) is 9.52. The Morgan fingerprint density at radius 1 is 1.27 bits per heavy atom.